The van der Waals surface area contributed by atoms with Crippen molar-refractivity contribution in [2.45, 2.75) is 6.42 Å². The standard InChI is InChI=1S/C10H9NO4/c1-14-6-3-2-4-7-10(6)11-8(15-7)5-9(12)13/h2-4H,5H2,1H3,(H,12,13). The third-order valence-electron chi connectivity index (χ3n) is 1.95. The summed E-state index contributed by atoms with van der Waals surface area (Å²) in [7, 11) is 1.53. The third-order valence-corrected chi connectivity index (χ3v) is 1.95. The minimum Gasteiger partial charge on any atom is -0.494 e. The van der Waals surface area contributed by atoms with E-state index in [4.69, 9.17) is 14.3 Å². The molecule has 1 aromatic heterocycles. The maximum Gasteiger partial charge on any atom is 0.312 e. The zero-order valence-electron chi connectivity index (χ0n) is 8.06. The van der Waals surface area contributed by atoms with Crippen LogP contribution < -0.4 is 4.74 Å². The predicted molar refractivity (Wildman–Crippen MR) is 51.9 cm³/mol. The van der Waals surface area contributed by atoms with E-state index in [-0.39, 0.29) is 12.3 Å². The Morgan fingerprint density at radius 1 is 1.60 bits per heavy atom. The van der Waals surface area contributed by atoms with Gasteiger partial charge in [0.25, 0.3) is 0 Å². The number of ether oxygens (including phenoxy) is 1. The molecule has 0 spiro atoms. The summed E-state index contributed by atoms with van der Waals surface area (Å²) in [6, 6.07) is 5.22. The van der Waals surface area contributed by atoms with Gasteiger partial charge in [0.1, 0.15) is 12.2 Å². The van der Waals surface area contributed by atoms with Gasteiger partial charge in [0.15, 0.2) is 11.1 Å². The lowest BCUT2D eigenvalue weighted by Gasteiger charge is -1.96. The highest BCUT2D eigenvalue weighted by atomic mass is 16.5. The van der Waals surface area contributed by atoms with Gasteiger partial charge in [-0.25, -0.2) is 4.98 Å². The molecule has 0 bridgehead atoms. The highest BCUT2D eigenvalue weighted by Crippen LogP contribution is 2.25. The van der Waals surface area contributed by atoms with Crippen molar-refractivity contribution in [1.82, 2.24) is 4.98 Å². The van der Waals surface area contributed by atoms with Crippen LogP contribution in [0.5, 0.6) is 5.75 Å². The molecule has 0 aliphatic rings. The first-order valence-corrected chi connectivity index (χ1v) is 4.35. The topological polar surface area (TPSA) is 72.6 Å². The number of carboxylic acid groups (broad SMARTS) is 1. The van der Waals surface area contributed by atoms with Crippen LogP contribution in [0.2, 0.25) is 0 Å². The molecular formula is C10H9NO4. The summed E-state index contributed by atoms with van der Waals surface area (Å²) in [6.07, 6.45) is -0.224. The van der Waals surface area contributed by atoms with E-state index in [9.17, 15) is 4.79 Å². The van der Waals surface area contributed by atoms with E-state index in [0.29, 0.717) is 16.8 Å². The van der Waals surface area contributed by atoms with E-state index in [1.54, 1.807) is 18.2 Å². The fourth-order valence-electron chi connectivity index (χ4n) is 1.34. The van der Waals surface area contributed by atoms with Gasteiger partial charge in [-0.3, -0.25) is 4.79 Å². The Labute approximate surface area is 85.3 Å². The minimum atomic E-state index is -0.972. The lowest BCUT2D eigenvalue weighted by molar-refractivity contribution is -0.136. The zero-order valence-corrected chi connectivity index (χ0v) is 8.06. The van der Waals surface area contributed by atoms with Crippen LogP contribution in [0.4, 0.5) is 0 Å². The first-order valence-electron chi connectivity index (χ1n) is 4.35. The Morgan fingerprint density at radius 2 is 2.40 bits per heavy atom. The molecule has 0 unspecified atom stereocenters. The lowest BCUT2D eigenvalue weighted by atomic mass is 10.3. The second-order valence-corrected chi connectivity index (χ2v) is 2.99. The molecule has 0 aliphatic carbocycles. The molecule has 0 amide bonds. The largest absolute Gasteiger partial charge is 0.494 e. The van der Waals surface area contributed by atoms with E-state index >= 15 is 0 Å². The monoisotopic (exact) mass is 207 g/mol. The molecule has 2 aromatic rings. The van der Waals surface area contributed by atoms with Gasteiger partial charge in [-0.2, -0.15) is 0 Å². The van der Waals surface area contributed by atoms with Crippen LogP contribution in [-0.2, 0) is 11.2 Å². The highest BCUT2D eigenvalue weighted by Gasteiger charge is 2.12. The second-order valence-electron chi connectivity index (χ2n) is 2.99. The summed E-state index contributed by atoms with van der Waals surface area (Å²) >= 11 is 0. The fourth-order valence-corrected chi connectivity index (χ4v) is 1.34. The van der Waals surface area contributed by atoms with Gasteiger partial charge in [-0.05, 0) is 12.1 Å². The Balaban J connectivity index is 2.50. The lowest BCUT2D eigenvalue weighted by Crippen LogP contribution is -1.99. The zero-order chi connectivity index (χ0) is 10.8. The maximum absolute atomic E-state index is 10.5. The number of hydrogen-bond acceptors (Lipinski definition) is 4. The van der Waals surface area contributed by atoms with Crippen molar-refractivity contribution in [1.29, 1.82) is 0 Å². The summed E-state index contributed by atoms with van der Waals surface area (Å²) in [5.41, 5.74) is 1.09. The third kappa shape index (κ3) is 1.76. The molecule has 0 fully saturated rings. The summed E-state index contributed by atoms with van der Waals surface area (Å²) in [4.78, 5) is 14.5. The molecule has 0 atom stereocenters. The molecule has 1 aromatic carbocycles. The van der Waals surface area contributed by atoms with Gasteiger partial charge < -0.3 is 14.3 Å². The van der Waals surface area contributed by atoms with Crippen molar-refractivity contribution >= 4 is 17.1 Å². The van der Waals surface area contributed by atoms with E-state index in [1.807, 2.05) is 0 Å². The normalized spacial score (nSPS) is 10.5. The molecule has 5 heteroatoms. The number of hydrogen-bond donors (Lipinski definition) is 1. The van der Waals surface area contributed by atoms with Crippen LogP contribution in [0.3, 0.4) is 0 Å². The second kappa shape index (κ2) is 3.61. The number of aliphatic carboxylic acids is 1. The molecule has 0 saturated heterocycles. The van der Waals surface area contributed by atoms with Crippen molar-refractivity contribution < 1.29 is 19.1 Å². The molecule has 0 aliphatic heterocycles. The number of para-hydroxylation sites is 1. The molecule has 5 nitrogen and oxygen atoms in total. The number of oxazole rings is 1. The number of carboxylic acids is 1. The van der Waals surface area contributed by atoms with Crippen molar-refractivity contribution in [3.63, 3.8) is 0 Å². The van der Waals surface area contributed by atoms with Crippen LogP contribution >= 0.6 is 0 Å². The molecule has 1 N–H and O–H groups in total. The summed E-state index contributed by atoms with van der Waals surface area (Å²) in [5, 5.41) is 8.59. The van der Waals surface area contributed by atoms with E-state index in [0.717, 1.165) is 0 Å². The Morgan fingerprint density at radius 3 is 3.07 bits per heavy atom. The van der Waals surface area contributed by atoms with Crippen molar-refractivity contribution in [3.8, 4) is 5.75 Å². The molecule has 0 saturated carbocycles. The average Bonchev–Trinajstić information content (AvgIpc) is 2.58. The minimum absolute atomic E-state index is 0.182. The Kier molecular flexibility index (Phi) is 2.29. The smallest absolute Gasteiger partial charge is 0.312 e. The van der Waals surface area contributed by atoms with Crippen molar-refractivity contribution in [2.24, 2.45) is 0 Å². The Hall–Kier alpha value is -2.04. The number of fused-ring (bicyclic) bond motifs is 1. The first kappa shape index (κ1) is 9.51. The number of rotatable bonds is 3. The van der Waals surface area contributed by atoms with Crippen LogP contribution in [0.1, 0.15) is 5.89 Å². The van der Waals surface area contributed by atoms with Gasteiger partial charge in [0, 0.05) is 0 Å². The van der Waals surface area contributed by atoms with Crippen LogP contribution in [-0.4, -0.2) is 23.2 Å². The number of methoxy groups -OCH3 is 1. The molecule has 1 heterocycles. The summed E-state index contributed by atoms with van der Waals surface area (Å²) < 4.78 is 10.3. The first-order chi connectivity index (χ1) is 7.20. The van der Waals surface area contributed by atoms with E-state index in [2.05, 4.69) is 4.98 Å². The summed E-state index contributed by atoms with van der Waals surface area (Å²) in [6.45, 7) is 0. The van der Waals surface area contributed by atoms with Gasteiger partial charge >= 0.3 is 5.97 Å². The van der Waals surface area contributed by atoms with Crippen LogP contribution in [0.25, 0.3) is 11.1 Å². The van der Waals surface area contributed by atoms with Gasteiger partial charge in [0.05, 0.1) is 7.11 Å². The summed E-state index contributed by atoms with van der Waals surface area (Å²) in [5.74, 6) is -0.213. The van der Waals surface area contributed by atoms with E-state index < -0.39 is 5.97 Å². The number of aromatic nitrogens is 1. The van der Waals surface area contributed by atoms with Crippen LogP contribution in [0.15, 0.2) is 22.6 Å². The van der Waals surface area contributed by atoms with Gasteiger partial charge in [-0.1, -0.05) is 6.07 Å². The molecule has 2 rings (SSSR count). The highest BCUT2D eigenvalue weighted by molar-refractivity contribution is 5.80. The quantitative estimate of drug-likeness (QED) is 0.824. The SMILES string of the molecule is COc1cccc2oc(CC(=O)O)nc12. The van der Waals surface area contributed by atoms with Gasteiger partial charge in [-0.15, -0.1) is 0 Å². The molecule has 0 radical (unpaired) electrons. The van der Waals surface area contributed by atoms with E-state index in [1.165, 1.54) is 7.11 Å². The fraction of sp³-hybridized carbons (Fsp3) is 0.200. The molecule has 78 valence electrons. The number of nitrogens with zero attached hydrogens (tertiary/aromatic N) is 1. The van der Waals surface area contributed by atoms with Crippen molar-refractivity contribution in [3.05, 3.63) is 24.1 Å². The molecular weight excluding hydrogens is 198 g/mol. The molecule has 15 heavy (non-hydrogen) atoms. The van der Waals surface area contributed by atoms with Crippen LogP contribution in [0, 0.1) is 0 Å². The number of benzene rings is 1. The van der Waals surface area contributed by atoms with Gasteiger partial charge in [0.2, 0.25) is 5.89 Å². The maximum atomic E-state index is 10.5. The van der Waals surface area contributed by atoms with Crippen molar-refractivity contribution in [2.75, 3.05) is 7.11 Å². The predicted octanol–water partition coefficient (Wildman–Crippen LogP) is 1.46. The number of carbonyl (C=O) groups is 1. The average molecular weight is 207 g/mol. The Bertz CT molecular complexity index is 503.